The van der Waals surface area contributed by atoms with E-state index >= 15 is 0 Å². The number of amides is 2. The Bertz CT molecular complexity index is 703. The third-order valence-corrected chi connectivity index (χ3v) is 4.46. The first kappa shape index (κ1) is 16.3. The highest BCUT2D eigenvalue weighted by atomic mass is 16.5. The molecule has 0 bridgehead atoms. The second-order valence-corrected chi connectivity index (χ2v) is 6.06. The Kier molecular flexibility index (Phi) is 4.99. The number of pyridine rings is 1. The second kappa shape index (κ2) is 7.34. The van der Waals surface area contributed by atoms with Crippen molar-refractivity contribution in [1.82, 2.24) is 15.2 Å². The van der Waals surface area contributed by atoms with Gasteiger partial charge in [-0.25, -0.2) is 4.79 Å². The lowest BCUT2D eigenvalue weighted by Crippen LogP contribution is -2.39. The summed E-state index contributed by atoms with van der Waals surface area (Å²) in [5.74, 6) is 0.992. The summed E-state index contributed by atoms with van der Waals surface area (Å²) in [6, 6.07) is 11.8. The number of hydrogen-bond donors (Lipinski definition) is 1. The number of nitrogens with zero attached hydrogens (tertiary/aromatic N) is 2. The maximum atomic E-state index is 12.3. The van der Waals surface area contributed by atoms with E-state index in [1.54, 1.807) is 18.1 Å². The molecule has 5 heteroatoms. The van der Waals surface area contributed by atoms with Crippen molar-refractivity contribution in [2.45, 2.75) is 25.8 Å². The lowest BCUT2D eigenvalue weighted by atomic mass is 10.1. The number of benzene rings is 1. The van der Waals surface area contributed by atoms with Gasteiger partial charge in [-0.3, -0.25) is 4.98 Å². The predicted octanol–water partition coefficient (Wildman–Crippen LogP) is 2.96. The number of ether oxygens (including phenoxy) is 1. The minimum atomic E-state index is -0.0855. The van der Waals surface area contributed by atoms with Crippen LogP contribution in [0.5, 0.6) is 5.75 Å². The molecule has 1 aliphatic rings. The smallest absolute Gasteiger partial charge is 0.317 e. The number of nitrogens with one attached hydrogen (secondary N) is 1. The van der Waals surface area contributed by atoms with Crippen LogP contribution in [0.25, 0.3) is 0 Å². The molecule has 0 aliphatic carbocycles. The molecule has 0 fully saturated rings. The van der Waals surface area contributed by atoms with Crippen molar-refractivity contribution in [3.63, 3.8) is 0 Å². The number of urea groups is 1. The summed E-state index contributed by atoms with van der Waals surface area (Å²) < 4.78 is 5.51. The fraction of sp³-hybridized carbons (Fsp3) is 0.368. The largest absolute Gasteiger partial charge is 0.493 e. The zero-order chi connectivity index (χ0) is 16.9. The van der Waals surface area contributed by atoms with Crippen molar-refractivity contribution < 1.29 is 9.53 Å². The van der Waals surface area contributed by atoms with E-state index in [-0.39, 0.29) is 12.1 Å². The molecular weight excluding hydrogens is 302 g/mol. The SMILES string of the molecule is C[C@H](c1ccccn1)N(C)C(=O)NCCc1ccc2c(c1)CCO2. The number of fused-ring (bicyclic) bond motifs is 1. The predicted molar refractivity (Wildman–Crippen MR) is 93.2 cm³/mol. The highest BCUT2D eigenvalue weighted by molar-refractivity contribution is 5.74. The van der Waals surface area contributed by atoms with Gasteiger partial charge in [0.1, 0.15) is 5.75 Å². The van der Waals surface area contributed by atoms with E-state index in [9.17, 15) is 4.79 Å². The van der Waals surface area contributed by atoms with Crippen molar-refractivity contribution in [2.75, 3.05) is 20.2 Å². The maximum Gasteiger partial charge on any atom is 0.317 e. The summed E-state index contributed by atoms with van der Waals surface area (Å²) >= 11 is 0. The number of carbonyl (C=O) groups is 1. The summed E-state index contributed by atoms with van der Waals surface area (Å²) in [5.41, 5.74) is 3.37. The average Bonchev–Trinajstić information content (AvgIpc) is 3.09. The minimum absolute atomic E-state index is 0.0663. The van der Waals surface area contributed by atoms with Crippen molar-refractivity contribution in [2.24, 2.45) is 0 Å². The topological polar surface area (TPSA) is 54.5 Å². The van der Waals surface area contributed by atoms with Gasteiger partial charge in [-0.1, -0.05) is 18.2 Å². The van der Waals surface area contributed by atoms with Gasteiger partial charge in [-0.05, 0) is 42.7 Å². The summed E-state index contributed by atoms with van der Waals surface area (Å²) in [4.78, 5) is 18.3. The Balaban J connectivity index is 1.50. The van der Waals surface area contributed by atoms with E-state index in [0.29, 0.717) is 6.54 Å². The molecule has 3 rings (SSSR count). The molecule has 2 heterocycles. The molecule has 1 aromatic heterocycles. The third kappa shape index (κ3) is 3.67. The van der Waals surface area contributed by atoms with Crippen LogP contribution in [-0.2, 0) is 12.8 Å². The molecule has 0 unspecified atom stereocenters. The molecule has 1 N–H and O–H groups in total. The Hall–Kier alpha value is -2.56. The third-order valence-electron chi connectivity index (χ3n) is 4.46. The standard InChI is InChI=1S/C19H23N3O2/c1-14(17-5-3-4-10-20-17)22(2)19(23)21-11-8-15-6-7-18-16(13-15)9-12-24-18/h3-7,10,13-14H,8-9,11-12H2,1-2H3,(H,21,23)/t14-/m1/s1. The first-order valence-electron chi connectivity index (χ1n) is 8.31. The molecule has 0 spiro atoms. The Morgan fingerprint density at radius 2 is 2.25 bits per heavy atom. The van der Waals surface area contributed by atoms with Crippen molar-refractivity contribution >= 4 is 6.03 Å². The molecule has 24 heavy (non-hydrogen) atoms. The molecular formula is C19H23N3O2. The van der Waals surface area contributed by atoms with E-state index in [2.05, 4.69) is 22.4 Å². The van der Waals surface area contributed by atoms with Crippen LogP contribution in [0.1, 0.15) is 29.8 Å². The minimum Gasteiger partial charge on any atom is -0.493 e. The van der Waals surface area contributed by atoms with E-state index in [4.69, 9.17) is 4.74 Å². The summed E-state index contributed by atoms with van der Waals surface area (Å²) in [7, 11) is 1.79. The van der Waals surface area contributed by atoms with Gasteiger partial charge in [0.05, 0.1) is 18.3 Å². The lowest BCUT2D eigenvalue weighted by molar-refractivity contribution is 0.193. The number of hydrogen-bond acceptors (Lipinski definition) is 3. The van der Waals surface area contributed by atoms with Crippen LogP contribution < -0.4 is 10.1 Å². The summed E-state index contributed by atoms with van der Waals surface area (Å²) in [5, 5.41) is 2.98. The van der Waals surface area contributed by atoms with Gasteiger partial charge in [-0.2, -0.15) is 0 Å². The van der Waals surface area contributed by atoms with Crippen LogP contribution in [0, 0.1) is 0 Å². The van der Waals surface area contributed by atoms with Crippen LogP contribution in [-0.4, -0.2) is 36.1 Å². The number of carbonyl (C=O) groups excluding carboxylic acids is 1. The second-order valence-electron chi connectivity index (χ2n) is 6.06. The van der Waals surface area contributed by atoms with E-state index < -0.39 is 0 Å². The van der Waals surface area contributed by atoms with Gasteiger partial charge in [0.15, 0.2) is 0 Å². The van der Waals surface area contributed by atoms with E-state index in [1.165, 1.54) is 11.1 Å². The van der Waals surface area contributed by atoms with E-state index in [0.717, 1.165) is 30.9 Å². The lowest BCUT2D eigenvalue weighted by Gasteiger charge is -2.24. The van der Waals surface area contributed by atoms with Gasteiger partial charge in [0.2, 0.25) is 0 Å². The first-order valence-corrected chi connectivity index (χ1v) is 8.31. The first-order chi connectivity index (χ1) is 11.6. The molecule has 5 nitrogen and oxygen atoms in total. The Labute approximate surface area is 142 Å². The molecule has 0 radical (unpaired) electrons. The van der Waals surface area contributed by atoms with Crippen LogP contribution in [0.15, 0.2) is 42.6 Å². The summed E-state index contributed by atoms with van der Waals surface area (Å²) in [6.45, 7) is 3.35. The monoisotopic (exact) mass is 325 g/mol. The maximum absolute atomic E-state index is 12.3. The van der Waals surface area contributed by atoms with Crippen molar-refractivity contribution in [1.29, 1.82) is 0 Å². The van der Waals surface area contributed by atoms with Gasteiger partial charge in [0, 0.05) is 26.2 Å². The molecule has 1 atom stereocenters. The molecule has 1 aliphatic heterocycles. The Morgan fingerprint density at radius 3 is 3.04 bits per heavy atom. The number of aromatic nitrogens is 1. The van der Waals surface area contributed by atoms with Gasteiger partial charge in [0.25, 0.3) is 0 Å². The Morgan fingerprint density at radius 1 is 1.38 bits per heavy atom. The molecule has 2 amide bonds. The van der Waals surface area contributed by atoms with Crippen LogP contribution >= 0.6 is 0 Å². The van der Waals surface area contributed by atoms with Crippen LogP contribution in [0.4, 0.5) is 4.79 Å². The molecule has 1 aromatic carbocycles. The fourth-order valence-corrected chi connectivity index (χ4v) is 2.83. The quantitative estimate of drug-likeness (QED) is 0.919. The number of rotatable bonds is 5. The van der Waals surface area contributed by atoms with E-state index in [1.807, 2.05) is 31.2 Å². The van der Waals surface area contributed by atoms with Crippen LogP contribution in [0.3, 0.4) is 0 Å². The zero-order valence-corrected chi connectivity index (χ0v) is 14.2. The molecule has 0 saturated carbocycles. The van der Waals surface area contributed by atoms with Gasteiger partial charge >= 0.3 is 6.03 Å². The molecule has 2 aromatic rings. The highest BCUT2D eigenvalue weighted by Gasteiger charge is 2.18. The highest BCUT2D eigenvalue weighted by Crippen LogP contribution is 2.25. The zero-order valence-electron chi connectivity index (χ0n) is 14.2. The molecule has 126 valence electrons. The normalized spacial score (nSPS) is 13.8. The van der Waals surface area contributed by atoms with Gasteiger partial charge < -0.3 is 15.0 Å². The van der Waals surface area contributed by atoms with Crippen LogP contribution in [0.2, 0.25) is 0 Å². The van der Waals surface area contributed by atoms with Crippen molar-refractivity contribution in [3.05, 3.63) is 59.4 Å². The molecule has 0 saturated heterocycles. The van der Waals surface area contributed by atoms with Gasteiger partial charge in [-0.15, -0.1) is 0 Å². The average molecular weight is 325 g/mol. The summed E-state index contributed by atoms with van der Waals surface area (Å²) in [6.07, 6.45) is 3.53. The van der Waals surface area contributed by atoms with Crippen molar-refractivity contribution in [3.8, 4) is 5.75 Å². The fourth-order valence-electron chi connectivity index (χ4n) is 2.83.